The van der Waals surface area contributed by atoms with Crippen molar-refractivity contribution in [1.82, 2.24) is 9.03 Å². The Morgan fingerprint density at radius 1 is 1.53 bits per heavy atom. The maximum absolute atomic E-state index is 11.6. The number of rotatable bonds is 3. The predicted octanol–water partition coefficient (Wildman–Crippen LogP) is -0.390. The molecule has 2 N–H and O–H groups in total. The number of nitrogens with one attached hydrogen (secondary N) is 1. The van der Waals surface area contributed by atoms with Gasteiger partial charge in [0.15, 0.2) is 0 Å². The highest BCUT2D eigenvalue weighted by molar-refractivity contribution is 7.87. The zero-order chi connectivity index (χ0) is 12.5. The summed E-state index contributed by atoms with van der Waals surface area (Å²) < 4.78 is 26.6. The third kappa shape index (κ3) is 2.63. The molecule has 0 bridgehead atoms. The van der Waals surface area contributed by atoms with E-state index >= 15 is 0 Å². The molecule has 1 aromatic carbocycles. The standard InChI is InChI=1S/C10H12N2O4S/c13-7-9-6-12(17(15,16)11-9)5-8-2-1-3-10(14)4-8/h1-4,7,9,11,14H,5-6H2. The van der Waals surface area contributed by atoms with Gasteiger partial charge in [0.05, 0.1) is 6.04 Å². The van der Waals surface area contributed by atoms with Crippen molar-refractivity contribution in [2.75, 3.05) is 6.54 Å². The van der Waals surface area contributed by atoms with Crippen LogP contribution >= 0.6 is 0 Å². The first-order chi connectivity index (χ1) is 8.01. The van der Waals surface area contributed by atoms with E-state index in [1.54, 1.807) is 12.1 Å². The molecule has 1 aliphatic rings. The van der Waals surface area contributed by atoms with Gasteiger partial charge < -0.3 is 9.90 Å². The molecule has 0 spiro atoms. The van der Waals surface area contributed by atoms with E-state index in [2.05, 4.69) is 4.72 Å². The normalized spacial score (nSPS) is 23.6. The topological polar surface area (TPSA) is 86.7 Å². The molecule has 6 nitrogen and oxygen atoms in total. The van der Waals surface area contributed by atoms with E-state index in [4.69, 9.17) is 0 Å². The van der Waals surface area contributed by atoms with Gasteiger partial charge >= 0.3 is 0 Å². The molecule has 0 radical (unpaired) electrons. The van der Waals surface area contributed by atoms with Crippen LogP contribution in [0, 0.1) is 0 Å². The van der Waals surface area contributed by atoms with Crippen LogP contribution < -0.4 is 4.72 Å². The Morgan fingerprint density at radius 2 is 2.29 bits per heavy atom. The zero-order valence-corrected chi connectivity index (χ0v) is 9.72. The van der Waals surface area contributed by atoms with E-state index in [9.17, 15) is 18.3 Å². The van der Waals surface area contributed by atoms with Gasteiger partial charge in [-0.3, -0.25) is 0 Å². The number of carbonyl (C=O) groups is 1. The Kier molecular flexibility index (Phi) is 3.14. The van der Waals surface area contributed by atoms with E-state index in [-0.39, 0.29) is 18.8 Å². The summed E-state index contributed by atoms with van der Waals surface area (Å²) in [6, 6.07) is 5.65. The average Bonchev–Trinajstić information content (AvgIpc) is 2.54. The summed E-state index contributed by atoms with van der Waals surface area (Å²) in [6.45, 7) is 0.246. The number of hydrogen-bond donors (Lipinski definition) is 2. The molecule has 1 heterocycles. The summed E-state index contributed by atoms with van der Waals surface area (Å²) in [4.78, 5) is 10.6. The van der Waals surface area contributed by atoms with Gasteiger partial charge in [0, 0.05) is 13.1 Å². The molecule has 1 aliphatic heterocycles. The quantitative estimate of drug-likeness (QED) is 0.721. The van der Waals surface area contributed by atoms with Crippen molar-refractivity contribution in [1.29, 1.82) is 0 Å². The van der Waals surface area contributed by atoms with Crippen LogP contribution in [0.4, 0.5) is 0 Å². The number of hydrogen-bond acceptors (Lipinski definition) is 4. The minimum Gasteiger partial charge on any atom is -0.508 e. The van der Waals surface area contributed by atoms with Crippen molar-refractivity contribution in [2.45, 2.75) is 12.6 Å². The third-order valence-corrected chi connectivity index (χ3v) is 4.03. The third-order valence-electron chi connectivity index (χ3n) is 2.47. The lowest BCUT2D eigenvalue weighted by molar-refractivity contribution is -0.109. The van der Waals surface area contributed by atoms with Crippen LogP contribution in [0.2, 0.25) is 0 Å². The highest BCUT2D eigenvalue weighted by Crippen LogP contribution is 2.17. The smallest absolute Gasteiger partial charge is 0.280 e. The van der Waals surface area contributed by atoms with E-state index in [0.29, 0.717) is 11.8 Å². The van der Waals surface area contributed by atoms with Gasteiger partial charge in [-0.15, -0.1) is 0 Å². The molecule has 7 heteroatoms. The molecule has 1 fully saturated rings. The van der Waals surface area contributed by atoms with E-state index in [1.165, 1.54) is 16.4 Å². The van der Waals surface area contributed by atoms with Gasteiger partial charge in [-0.05, 0) is 17.7 Å². The highest BCUT2D eigenvalue weighted by atomic mass is 32.2. The zero-order valence-electron chi connectivity index (χ0n) is 8.91. The van der Waals surface area contributed by atoms with Crippen LogP contribution in [0.5, 0.6) is 5.75 Å². The van der Waals surface area contributed by atoms with E-state index in [0.717, 1.165) is 0 Å². The van der Waals surface area contributed by atoms with Crippen molar-refractivity contribution in [3.05, 3.63) is 29.8 Å². The molecular weight excluding hydrogens is 244 g/mol. The molecule has 1 aromatic rings. The monoisotopic (exact) mass is 256 g/mol. The molecular formula is C10H12N2O4S. The van der Waals surface area contributed by atoms with Gasteiger partial charge in [-0.2, -0.15) is 17.4 Å². The van der Waals surface area contributed by atoms with Crippen LogP contribution in [-0.2, 0) is 21.5 Å². The fourth-order valence-electron chi connectivity index (χ4n) is 1.70. The number of nitrogens with zero attached hydrogens (tertiary/aromatic N) is 1. The molecule has 1 atom stereocenters. The number of phenolic OH excluding ortho intramolecular Hbond substituents is 1. The van der Waals surface area contributed by atoms with Crippen LogP contribution in [-0.4, -0.2) is 36.7 Å². The number of carbonyl (C=O) groups excluding carboxylic acids is 1. The molecule has 0 aliphatic carbocycles. The first kappa shape index (κ1) is 12.0. The summed E-state index contributed by atoms with van der Waals surface area (Å²) in [5.74, 6) is 0.0824. The Morgan fingerprint density at radius 3 is 2.88 bits per heavy atom. The molecule has 0 aromatic heterocycles. The maximum atomic E-state index is 11.6. The predicted molar refractivity (Wildman–Crippen MR) is 60.4 cm³/mol. The first-order valence-corrected chi connectivity index (χ1v) is 6.46. The fourth-order valence-corrected chi connectivity index (χ4v) is 3.04. The molecule has 17 heavy (non-hydrogen) atoms. The number of benzene rings is 1. The van der Waals surface area contributed by atoms with Gasteiger partial charge in [-0.1, -0.05) is 12.1 Å². The second kappa shape index (κ2) is 4.44. The Labute approximate surface area is 99.0 Å². The SMILES string of the molecule is O=CC1CN(Cc2cccc(O)c2)S(=O)(=O)N1. The Hall–Kier alpha value is -1.44. The molecule has 1 saturated heterocycles. The largest absolute Gasteiger partial charge is 0.508 e. The molecule has 2 rings (SSSR count). The average molecular weight is 256 g/mol. The van der Waals surface area contributed by atoms with Gasteiger partial charge in [0.25, 0.3) is 10.2 Å². The number of phenols is 1. The molecule has 92 valence electrons. The second-order valence-corrected chi connectivity index (χ2v) is 5.53. The fraction of sp³-hybridized carbons (Fsp3) is 0.300. The first-order valence-electron chi connectivity index (χ1n) is 5.02. The summed E-state index contributed by atoms with van der Waals surface area (Å²) >= 11 is 0. The van der Waals surface area contributed by atoms with Crippen molar-refractivity contribution in [3.8, 4) is 5.75 Å². The Balaban J connectivity index is 2.17. The van der Waals surface area contributed by atoms with Gasteiger partial charge in [-0.25, -0.2) is 0 Å². The summed E-state index contributed by atoms with van der Waals surface area (Å²) in [5, 5.41) is 9.28. The summed E-state index contributed by atoms with van der Waals surface area (Å²) in [7, 11) is -3.59. The van der Waals surface area contributed by atoms with E-state index < -0.39 is 16.3 Å². The van der Waals surface area contributed by atoms with Crippen LogP contribution in [0.3, 0.4) is 0 Å². The van der Waals surface area contributed by atoms with Crippen molar-refractivity contribution in [3.63, 3.8) is 0 Å². The second-order valence-electron chi connectivity index (χ2n) is 3.83. The highest BCUT2D eigenvalue weighted by Gasteiger charge is 2.34. The van der Waals surface area contributed by atoms with Crippen LogP contribution in [0.15, 0.2) is 24.3 Å². The van der Waals surface area contributed by atoms with Crippen molar-refractivity contribution >= 4 is 16.5 Å². The maximum Gasteiger partial charge on any atom is 0.280 e. The lowest BCUT2D eigenvalue weighted by atomic mass is 10.2. The lowest BCUT2D eigenvalue weighted by Crippen LogP contribution is -2.30. The van der Waals surface area contributed by atoms with Crippen molar-refractivity contribution < 1.29 is 18.3 Å². The molecule has 1 unspecified atom stereocenters. The molecule has 0 saturated carbocycles. The Bertz CT molecular complexity index is 529. The molecule has 0 amide bonds. The minimum absolute atomic E-state index is 0.0824. The lowest BCUT2D eigenvalue weighted by Gasteiger charge is -2.13. The van der Waals surface area contributed by atoms with Crippen LogP contribution in [0.25, 0.3) is 0 Å². The van der Waals surface area contributed by atoms with Gasteiger partial charge in [0.2, 0.25) is 0 Å². The summed E-state index contributed by atoms with van der Waals surface area (Å²) in [5.41, 5.74) is 0.668. The van der Waals surface area contributed by atoms with E-state index in [1.807, 2.05) is 0 Å². The minimum atomic E-state index is -3.59. The number of aromatic hydroxyl groups is 1. The van der Waals surface area contributed by atoms with Crippen LogP contribution in [0.1, 0.15) is 5.56 Å². The van der Waals surface area contributed by atoms with Crippen molar-refractivity contribution in [2.24, 2.45) is 0 Å². The number of aldehydes is 1. The van der Waals surface area contributed by atoms with Gasteiger partial charge in [0.1, 0.15) is 12.0 Å². The summed E-state index contributed by atoms with van der Waals surface area (Å²) in [6.07, 6.45) is 0.569.